The molecule has 6 heteroatoms. The van der Waals surface area contributed by atoms with E-state index in [-0.39, 0.29) is 5.92 Å². The van der Waals surface area contributed by atoms with E-state index in [2.05, 4.69) is 21.2 Å². The fourth-order valence-electron chi connectivity index (χ4n) is 1.36. The molecule has 17 heavy (non-hydrogen) atoms. The number of amides is 1. The topological polar surface area (TPSA) is 79.5 Å². The minimum atomic E-state index is -1.03. The minimum Gasteiger partial charge on any atom is -0.480 e. The maximum Gasteiger partial charge on any atom is 0.326 e. The lowest BCUT2D eigenvalue weighted by Crippen LogP contribution is -2.45. The summed E-state index contributed by atoms with van der Waals surface area (Å²) < 4.78 is 5.22. The molecule has 0 aliphatic rings. The molecule has 0 fully saturated rings. The first-order chi connectivity index (χ1) is 7.97. The van der Waals surface area contributed by atoms with Gasteiger partial charge in [0.25, 0.3) is 5.91 Å². The summed E-state index contributed by atoms with van der Waals surface area (Å²) in [4.78, 5) is 22.8. The second kappa shape index (κ2) is 5.86. The van der Waals surface area contributed by atoms with Crippen molar-refractivity contribution in [2.75, 3.05) is 0 Å². The molecule has 1 unspecified atom stereocenters. The zero-order valence-corrected chi connectivity index (χ0v) is 11.2. The van der Waals surface area contributed by atoms with E-state index in [0.29, 0.717) is 16.7 Å². The summed E-state index contributed by atoms with van der Waals surface area (Å²) in [7, 11) is 0. The van der Waals surface area contributed by atoms with Gasteiger partial charge in [0.05, 0.1) is 11.8 Å². The first kappa shape index (κ1) is 13.8. The number of carbonyl (C=O) groups excluding carboxylic acids is 1. The number of rotatable bonds is 5. The molecule has 2 N–H and O–H groups in total. The van der Waals surface area contributed by atoms with Crippen molar-refractivity contribution >= 4 is 27.8 Å². The van der Waals surface area contributed by atoms with Crippen LogP contribution in [0.1, 0.15) is 30.6 Å². The molecule has 1 aromatic rings. The van der Waals surface area contributed by atoms with Gasteiger partial charge in [0.15, 0.2) is 4.67 Å². The number of hydrogen-bond donors (Lipinski definition) is 2. The van der Waals surface area contributed by atoms with E-state index in [1.807, 2.05) is 6.92 Å². The molecule has 0 aromatic carbocycles. The fourth-order valence-corrected chi connectivity index (χ4v) is 1.78. The maximum absolute atomic E-state index is 11.8. The van der Waals surface area contributed by atoms with Gasteiger partial charge < -0.3 is 14.8 Å². The third-order valence-electron chi connectivity index (χ3n) is 2.63. The van der Waals surface area contributed by atoms with Gasteiger partial charge in [0.2, 0.25) is 0 Å². The van der Waals surface area contributed by atoms with Crippen LogP contribution in [0.25, 0.3) is 0 Å². The maximum atomic E-state index is 11.8. The lowest BCUT2D eigenvalue weighted by Gasteiger charge is -2.19. The molecule has 1 aromatic heterocycles. The van der Waals surface area contributed by atoms with Gasteiger partial charge in [-0.05, 0) is 27.9 Å². The van der Waals surface area contributed by atoms with Crippen molar-refractivity contribution < 1.29 is 19.1 Å². The number of carboxylic acids is 1. The zero-order valence-electron chi connectivity index (χ0n) is 9.57. The van der Waals surface area contributed by atoms with Gasteiger partial charge in [-0.1, -0.05) is 20.3 Å². The lowest BCUT2D eigenvalue weighted by atomic mass is 9.99. The van der Waals surface area contributed by atoms with E-state index in [1.165, 1.54) is 12.3 Å². The van der Waals surface area contributed by atoms with Crippen LogP contribution in [0.2, 0.25) is 0 Å². The highest BCUT2D eigenvalue weighted by Gasteiger charge is 2.26. The monoisotopic (exact) mass is 303 g/mol. The average Bonchev–Trinajstić information content (AvgIpc) is 2.70. The van der Waals surface area contributed by atoms with E-state index < -0.39 is 17.9 Å². The van der Waals surface area contributed by atoms with Crippen LogP contribution >= 0.6 is 15.9 Å². The fraction of sp³-hybridized carbons (Fsp3) is 0.455. The van der Waals surface area contributed by atoms with Gasteiger partial charge in [-0.15, -0.1) is 0 Å². The highest BCUT2D eigenvalue weighted by Crippen LogP contribution is 2.18. The predicted molar refractivity (Wildman–Crippen MR) is 64.8 cm³/mol. The van der Waals surface area contributed by atoms with Crippen LogP contribution in [-0.2, 0) is 4.79 Å². The molecule has 1 rings (SSSR count). The Hall–Kier alpha value is -1.30. The molecular formula is C11H14BrNO4. The first-order valence-corrected chi connectivity index (χ1v) is 6.03. The molecule has 5 nitrogen and oxygen atoms in total. The summed E-state index contributed by atoms with van der Waals surface area (Å²) in [5, 5.41) is 11.5. The quantitative estimate of drug-likeness (QED) is 0.874. The van der Waals surface area contributed by atoms with Crippen LogP contribution in [0, 0.1) is 5.92 Å². The highest BCUT2D eigenvalue weighted by molar-refractivity contribution is 9.10. The van der Waals surface area contributed by atoms with Crippen LogP contribution in [-0.4, -0.2) is 23.0 Å². The number of halogens is 1. The second-order valence-corrected chi connectivity index (χ2v) is 4.50. The number of carbonyl (C=O) groups is 2. The highest BCUT2D eigenvalue weighted by atomic mass is 79.9. The summed E-state index contributed by atoms with van der Waals surface area (Å²) in [6.45, 7) is 3.66. The summed E-state index contributed by atoms with van der Waals surface area (Å²) in [6, 6.07) is 0.587. The summed E-state index contributed by atoms with van der Waals surface area (Å²) >= 11 is 3.07. The molecule has 0 bridgehead atoms. The van der Waals surface area contributed by atoms with Gasteiger partial charge in [0.1, 0.15) is 6.04 Å². The SMILES string of the molecule is CCC(C)[C@H](NC(=O)c1ccoc1Br)C(=O)O. The molecule has 1 heterocycles. The van der Waals surface area contributed by atoms with E-state index in [1.54, 1.807) is 6.92 Å². The Labute approximate surface area is 107 Å². The number of nitrogens with one attached hydrogen (secondary N) is 1. The summed E-state index contributed by atoms with van der Waals surface area (Å²) in [5.74, 6) is -1.63. The van der Waals surface area contributed by atoms with Crippen molar-refractivity contribution in [3.63, 3.8) is 0 Å². The molecule has 0 aliphatic heterocycles. The van der Waals surface area contributed by atoms with Crippen molar-refractivity contribution in [2.45, 2.75) is 26.3 Å². The van der Waals surface area contributed by atoms with Crippen LogP contribution < -0.4 is 5.32 Å². The Balaban J connectivity index is 2.78. The standard InChI is InChI=1S/C11H14BrNO4/c1-3-6(2)8(11(15)16)13-10(14)7-4-5-17-9(7)12/h4-6,8H,3H2,1-2H3,(H,13,14)(H,15,16)/t6?,8-/m0/s1. The molecule has 0 spiro atoms. The van der Waals surface area contributed by atoms with Crippen LogP contribution in [0.5, 0.6) is 0 Å². The number of carboxylic acid groups (broad SMARTS) is 1. The normalized spacial score (nSPS) is 14.1. The van der Waals surface area contributed by atoms with E-state index in [4.69, 9.17) is 9.52 Å². The Kier molecular flexibility index (Phi) is 4.74. The van der Waals surface area contributed by atoms with E-state index in [9.17, 15) is 9.59 Å². The van der Waals surface area contributed by atoms with Gasteiger partial charge >= 0.3 is 5.97 Å². The third kappa shape index (κ3) is 3.33. The van der Waals surface area contributed by atoms with Gasteiger partial charge in [-0.3, -0.25) is 4.79 Å². The smallest absolute Gasteiger partial charge is 0.326 e. The number of furan rings is 1. The van der Waals surface area contributed by atoms with E-state index >= 15 is 0 Å². The number of hydrogen-bond acceptors (Lipinski definition) is 3. The van der Waals surface area contributed by atoms with Gasteiger partial charge in [0, 0.05) is 0 Å². The third-order valence-corrected chi connectivity index (χ3v) is 3.24. The van der Waals surface area contributed by atoms with Crippen LogP contribution in [0.3, 0.4) is 0 Å². The van der Waals surface area contributed by atoms with Crippen LogP contribution in [0.4, 0.5) is 0 Å². The van der Waals surface area contributed by atoms with Crippen molar-refractivity contribution in [2.24, 2.45) is 5.92 Å². The van der Waals surface area contributed by atoms with Gasteiger partial charge in [-0.2, -0.15) is 0 Å². The zero-order chi connectivity index (χ0) is 13.0. The average molecular weight is 304 g/mol. The Morgan fingerprint density at radius 2 is 2.24 bits per heavy atom. The van der Waals surface area contributed by atoms with Crippen LogP contribution in [0.15, 0.2) is 21.4 Å². The van der Waals surface area contributed by atoms with Crippen molar-refractivity contribution in [1.82, 2.24) is 5.32 Å². The Morgan fingerprint density at radius 3 is 2.65 bits per heavy atom. The summed E-state index contributed by atoms with van der Waals surface area (Å²) in [6.07, 6.45) is 2.03. The summed E-state index contributed by atoms with van der Waals surface area (Å²) in [5.41, 5.74) is 0.291. The van der Waals surface area contributed by atoms with Crippen molar-refractivity contribution in [3.05, 3.63) is 22.6 Å². The van der Waals surface area contributed by atoms with Gasteiger partial charge in [-0.25, -0.2) is 4.79 Å². The Morgan fingerprint density at radius 1 is 1.59 bits per heavy atom. The molecule has 1 amide bonds. The minimum absolute atomic E-state index is 0.137. The molecule has 0 aliphatic carbocycles. The molecule has 0 saturated heterocycles. The predicted octanol–water partition coefficient (Wildman–Crippen LogP) is 2.27. The molecular weight excluding hydrogens is 290 g/mol. The van der Waals surface area contributed by atoms with Crippen molar-refractivity contribution in [3.8, 4) is 0 Å². The molecule has 0 radical (unpaired) electrons. The first-order valence-electron chi connectivity index (χ1n) is 5.24. The second-order valence-electron chi connectivity index (χ2n) is 3.78. The molecule has 94 valence electrons. The Bertz CT molecular complexity index is 415. The van der Waals surface area contributed by atoms with Crippen molar-refractivity contribution in [1.29, 1.82) is 0 Å². The molecule has 0 saturated carbocycles. The van der Waals surface area contributed by atoms with E-state index in [0.717, 1.165) is 0 Å². The number of aliphatic carboxylic acids is 1. The molecule has 2 atom stereocenters. The lowest BCUT2D eigenvalue weighted by molar-refractivity contribution is -0.140. The largest absolute Gasteiger partial charge is 0.480 e.